The summed E-state index contributed by atoms with van der Waals surface area (Å²) in [5, 5.41) is 1.23. The smallest absolute Gasteiger partial charge is 0.0914 e. The van der Waals surface area contributed by atoms with Crippen LogP contribution >= 0.6 is 0 Å². The van der Waals surface area contributed by atoms with Gasteiger partial charge in [-0.2, -0.15) is 0 Å². The number of benzene rings is 1. The maximum Gasteiger partial charge on any atom is 0.0914 e. The van der Waals surface area contributed by atoms with Gasteiger partial charge in [-0.1, -0.05) is 39.0 Å². The number of aromatic nitrogens is 1. The molecule has 2 aromatic rings. The van der Waals surface area contributed by atoms with Crippen LogP contribution in [0.1, 0.15) is 39.8 Å². The molecule has 0 spiro atoms. The predicted molar refractivity (Wildman–Crippen MR) is 79.9 cm³/mol. The molecule has 0 fully saturated rings. The van der Waals surface area contributed by atoms with Gasteiger partial charge < -0.3 is 4.98 Å². The van der Waals surface area contributed by atoms with E-state index >= 15 is 0 Å². The quantitative estimate of drug-likeness (QED) is 0.741. The normalized spacial score (nSPS) is 12.6. The van der Waals surface area contributed by atoms with Crippen molar-refractivity contribution in [3.05, 3.63) is 30.0 Å². The van der Waals surface area contributed by atoms with Gasteiger partial charge in [-0.15, -0.1) is 0 Å². The van der Waals surface area contributed by atoms with E-state index in [0.717, 1.165) is 18.5 Å². The Morgan fingerprint density at radius 1 is 1.28 bits per heavy atom. The molecule has 1 aromatic carbocycles. The zero-order valence-electron chi connectivity index (χ0n) is 11.7. The fraction of sp³-hybridized carbons (Fsp3) is 0.438. The second kappa shape index (κ2) is 5.38. The molecule has 0 saturated heterocycles. The number of aliphatic imine (C=N–C) groups is 1. The second-order valence-electron chi connectivity index (χ2n) is 5.30. The first-order valence-electron chi connectivity index (χ1n) is 6.75. The third-order valence-corrected chi connectivity index (χ3v) is 3.11. The SMILES string of the molecule is CCc1[nH]c2ccccc2c1/N=C(\C)CC(C)C. The van der Waals surface area contributed by atoms with E-state index in [1.54, 1.807) is 0 Å². The van der Waals surface area contributed by atoms with Gasteiger partial charge in [0.25, 0.3) is 0 Å². The highest BCUT2D eigenvalue weighted by Gasteiger charge is 2.09. The van der Waals surface area contributed by atoms with Gasteiger partial charge in [0.2, 0.25) is 0 Å². The fourth-order valence-electron chi connectivity index (χ4n) is 2.39. The average molecular weight is 242 g/mol. The number of H-pyrrole nitrogens is 1. The molecule has 1 heterocycles. The summed E-state index contributed by atoms with van der Waals surface area (Å²) in [6.45, 7) is 8.76. The molecule has 0 radical (unpaired) electrons. The number of aromatic amines is 1. The van der Waals surface area contributed by atoms with Crippen molar-refractivity contribution in [3.8, 4) is 0 Å². The molecule has 2 nitrogen and oxygen atoms in total. The number of hydrogen-bond donors (Lipinski definition) is 1. The van der Waals surface area contributed by atoms with Gasteiger partial charge in [-0.05, 0) is 31.7 Å². The van der Waals surface area contributed by atoms with Crippen LogP contribution in [0.3, 0.4) is 0 Å². The summed E-state index contributed by atoms with van der Waals surface area (Å²) in [6, 6.07) is 8.40. The minimum absolute atomic E-state index is 0.657. The van der Waals surface area contributed by atoms with Crippen molar-refractivity contribution in [2.75, 3.05) is 0 Å². The lowest BCUT2D eigenvalue weighted by atomic mass is 10.1. The third kappa shape index (κ3) is 2.63. The molecule has 0 atom stereocenters. The molecular formula is C16H22N2. The summed E-state index contributed by atoms with van der Waals surface area (Å²) in [4.78, 5) is 8.31. The van der Waals surface area contributed by atoms with Crippen molar-refractivity contribution < 1.29 is 0 Å². The Morgan fingerprint density at radius 3 is 2.67 bits per heavy atom. The lowest BCUT2D eigenvalue weighted by molar-refractivity contribution is 0.682. The molecule has 0 aliphatic heterocycles. The molecule has 0 unspecified atom stereocenters. The van der Waals surface area contributed by atoms with E-state index in [-0.39, 0.29) is 0 Å². The average Bonchev–Trinajstić information content (AvgIpc) is 2.66. The van der Waals surface area contributed by atoms with Gasteiger partial charge in [0.15, 0.2) is 0 Å². The Kier molecular flexibility index (Phi) is 3.85. The van der Waals surface area contributed by atoms with Crippen molar-refractivity contribution in [2.24, 2.45) is 10.9 Å². The molecule has 96 valence electrons. The Labute approximate surface area is 109 Å². The first kappa shape index (κ1) is 12.9. The summed E-state index contributed by atoms with van der Waals surface area (Å²) in [6.07, 6.45) is 2.05. The first-order valence-corrected chi connectivity index (χ1v) is 6.75. The Balaban J connectivity index is 2.48. The molecule has 1 aromatic heterocycles. The molecule has 2 heteroatoms. The number of nitrogens with one attached hydrogen (secondary N) is 1. The molecule has 1 N–H and O–H groups in total. The Morgan fingerprint density at radius 2 is 2.00 bits per heavy atom. The molecule has 2 rings (SSSR count). The van der Waals surface area contributed by atoms with Crippen LogP contribution in [0.2, 0.25) is 0 Å². The maximum absolute atomic E-state index is 4.84. The van der Waals surface area contributed by atoms with E-state index in [9.17, 15) is 0 Å². The highest BCUT2D eigenvalue weighted by Crippen LogP contribution is 2.31. The summed E-state index contributed by atoms with van der Waals surface area (Å²) in [5.41, 5.74) is 4.76. The number of para-hydroxylation sites is 1. The van der Waals surface area contributed by atoms with Gasteiger partial charge in [0.1, 0.15) is 0 Å². The van der Waals surface area contributed by atoms with E-state index < -0.39 is 0 Å². The van der Waals surface area contributed by atoms with Crippen molar-refractivity contribution in [1.82, 2.24) is 4.98 Å². The van der Waals surface area contributed by atoms with E-state index in [2.05, 4.69) is 56.9 Å². The third-order valence-electron chi connectivity index (χ3n) is 3.11. The molecule has 0 saturated carbocycles. The van der Waals surface area contributed by atoms with Crippen LogP contribution in [-0.4, -0.2) is 10.7 Å². The first-order chi connectivity index (χ1) is 8.61. The standard InChI is InChI=1S/C16H22N2/c1-5-14-16(17-12(4)10-11(2)3)13-8-6-7-9-15(13)18-14/h6-9,11,18H,5,10H2,1-4H3/b17-12+. The minimum Gasteiger partial charge on any atom is -0.357 e. The van der Waals surface area contributed by atoms with Gasteiger partial charge in [-0.25, -0.2) is 0 Å². The van der Waals surface area contributed by atoms with Gasteiger partial charge >= 0.3 is 0 Å². The van der Waals surface area contributed by atoms with Gasteiger partial charge in [0.05, 0.1) is 5.69 Å². The zero-order valence-corrected chi connectivity index (χ0v) is 11.7. The largest absolute Gasteiger partial charge is 0.357 e. The molecule has 18 heavy (non-hydrogen) atoms. The topological polar surface area (TPSA) is 28.1 Å². The van der Waals surface area contributed by atoms with Crippen LogP contribution in [0, 0.1) is 5.92 Å². The Bertz CT molecular complexity index is 561. The van der Waals surface area contributed by atoms with Crippen LogP contribution < -0.4 is 0 Å². The maximum atomic E-state index is 4.84. The zero-order chi connectivity index (χ0) is 13.1. The van der Waals surface area contributed by atoms with Crippen LogP contribution in [0.4, 0.5) is 5.69 Å². The van der Waals surface area contributed by atoms with E-state index in [1.807, 2.05) is 0 Å². The predicted octanol–water partition coefficient (Wildman–Crippen LogP) is 4.87. The van der Waals surface area contributed by atoms with Crippen molar-refractivity contribution in [2.45, 2.75) is 40.5 Å². The fourth-order valence-corrected chi connectivity index (χ4v) is 2.39. The number of fused-ring (bicyclic) bond motifs is 1. The lowest BCUT2D eigenvalue weighted by Crippen LogP contribution is -1.97. The number of rotatable bonds is 4. The highest BCUT2D eigenvalue weighted by atomic mass is 14.8. The van der Waals surface area contributed by atoms with E-state index in [1.165, 1.54) is 22.3 Å². The summed E-state index contributed by atoms with van der Waals surface area (Å²) in [7, 11) is 0. The summed E-state index contributed by atoms with van der Waals surface area (Å²) >= 11 is 0. The van der Waals surface area contributed by atoms with Crippen LogP contribution in [0.25, 0.3) is 10.9 Å². The van der Waals surface area contributed by atoms with E-state index in [4.69, 9.17) is 4.99 Å². The minimum atomic E-state index is 0.657. The Hall–Kier alpha value is -1.57. The van der Waals surface area contributed by atoms with Gasteiger partial charge in [0, 0.05) is 22.3 Å². The summed E-state index contributed by atoms with van der Waals surface area (Å²) in [5.74, 6) is 0.657. The number of hydrogen-bond acceptors (Lipinski definition) is 1. The van der Waals surface area contributed by atoms with Crippen LogP contribution in [-0.2, 0) is 6.42 Å². The lowest BCUT2D eigenvalue weighted by Gasteiger charge is -2.04. The number of nitrogens with zero attached hydrogens (tertiary/aromatic N) is 1. The van der Waals surface area contributed by atoms with Crippen LogP contribution in [0.5, 0.6) is 0 Å². The second-order valence-corrected chi connectivity index (χ2v) is 5.30. The van der Waals surface area contributed by atoms with Crippen molar-refractivity contribution in [3.63, 3.8) is 0 Å². The molecule has 0 aliphatic carbocycles. The molecule has 0 aliphatic rings. The van der Waals surface area contributed by atoms with Crippen molar-refractivity contribution >= 4 is 22.3 Å². The molecule has 0 amide bonds. The molecule has 0 bridgehead atoms. The van der Waals surface area contributed by atoms with E-state index in [0.29, 0.717) is 5.92 Å². The number of aryl methyl sites for hydroxylation is 1. The monoisotopic (exact) mass is 242 g/mol. The van der Waals surface area contributed by atoms with Crippen molar-refractivity contribution in [1.29, 1.82) is 0 Å². The van der Waals surface area contributed by atoms with Crippen LogP contribution in [0.15, 0.2) is 29.3 Å². The van der Waals surface area contributed by atoms with Gasteiger partial charge in [-0.3, -0.25) is 4.99 Å². The highest BCUT2D eigenvalue weighted by molar-refractivity contribution is 5.96. The summed E-state index contributed by atoms with van der Waals surface area (Å²) < 4.78 is 0. The molecular weight excluding hydrogens is 220 g/mol.